The van der Waals surface area contributed by atoms with Crippen LogP contribution in [-0.4, -0.2) is 42.1 Å². The molecule has 3 atom stereocenters. The third-order valence-corrected chi connectivity index (χ3v) is 5.27. The van der Waals surface area contributed by atoms with Gasteiger partial charge in [-0.1, -0.05) is 18.2 Å². The standard InChI is InChI=1S/C17H22N2O2.ClH/c1-19(14-9-12-6-7-13(10-14)18-12)17(20)16-8-11-4-2-3-5-15(11)21-16;/h2-5,12-14,16,18H,6-10H2,1H3;1H. The first-order valence-electron chi connectivity index (χ1n) is 7.98. The molecule has 1 amide bonds. The summed E-state index contributed by atoms with van der Waals surface area (Å²) in [5.74, 6) is 1.01. The summed E-state index contributed by atoms with van der Waals surface area (Å²) in [6.45, 7) is 0. The quantitative estimate of drug-likeness (QED) is 0.907. The molecule has 0 saturated carbocycles. The van der Waals surface area contributed by atoms with Gasteiger partial charge in [0.2, 0.25) is 0 Å². The third kappa shape index (κ3) is 2.70. The molecule has 4 nitrogen and oxygen atoms in total. The Morgan fingerprint density at radius 1 is 1.23 bits per heavy atom. The number of benzene rings is 1. The van der Waals surface area contributed by atoms with E-state index >= 15 is 0 Å². The summed E-state index contributed by atoms with van der Waals surface area (Å²) in [5, 5.41) is 3.63. The molecule has 2 fully saturated rings. The highest BCUT2D eigenvalue weighted by atomic mass is 35.5. The van der Waals surface area contributed by atoms with Crippen LogP contribution in [0, 0.1) is 0 Å². The Labute approximate surface area is 137 Å². The molecule has 2 bridgehead atoms. The topological polar surface area (TPSA) is 41.6 Å². The zero-order chi connectivity index (χ0) is 14.4. The molecule has 1 N–H and O–H groups in total. The maximum absolute atomic E-state index is 12.7. The number of carbonyl (C=O) groups excluding carboxylic acids is 1. The van der Waals surface area contributed by atoms with E-state index in [1.54, 1.807) is 0 Å². The van der Waals surface area contributed by atoms with Crippen molar-refractivity contribution in [3.63, 3.8) is 0 Å². The van der Waals surface area contributed by atoms with E-state index in [0.717, 1.165) is 24.2 Å². The van der Waals surface area contributed by atoms with Crippen LogP contribution in [0.1, 0.15) is 31.2 Å². The van der Waals surface area contributed by atoms with E-state index in [1.807, 2.05) is 36.2 Å². The van der Waals surface area contributed by atoms with Crippen molar-refractivity contribution in [3.05, 3.63) is 29.8 Å². The van der Waals surface area contributed by atoms with Crippen molar-refractivity contribution in [2.45, 2.75) is 56.3 Å². The molecule has 4 rings (SSSR count). The van der Waals surface area contributed by atoms with Gasteiger partial charge in [-0.25, -0.2) is 0 Å². The minimum Gasteiger partial charge on any atom is -0.480 e. The van der Waals surface area contributed by atoms with Gasteiger partial charge in [-0.05, 0) is 37.3 Å². The van der Waals surface area contributed by atoms with Crippen LogP contribution in [0.2, 0.25) is 0 Å². The zero-order valence-corrected chi connectivity index (χ0v) is 13.6. The molecule has 5 heteroatoms. The van der Waals surface area contributed by atoms with E-state index in [-0.39, 0.29) is 24.4 Å². The van der Waals surface area contributed by atoms with Crippen molar-refractivity contribution in [2.24, 2.45) is 0 Å². The molecule has 1 aromatic rings. The van der Waals surface area contributed by atoms with E-state index in [9.17, 15) is 4.79 Å². The minimum absolute atomic E-state index is 0. The predicted octanol–water partition coefficient (Wildman–Crippen LogP) is 2.15. The van der Waals surface area contributed by atoms with Gasteiger partial charge in [0.1, 0.15) is 5.75 Å². The van der Waals surface area contributed by atoms with Crippen LogP contribution < -0.4 is 10.1 Å². The molecule has 3 aliphatic rings. The largest absolute Gasteiger partial charge is 0.480 e. The fourth-order valence-electron chi connectivity index (χ4n) is 4.07. The Morgan fingerprint density at radius 3 is 2.59 bits per heavy atom. The van der Waals surface area contributed by atoms with Crippen molar-refractivity contribution in [1.29, 1.82) is 0 Å². The van der Waals surface area contributed by atoms with Crippen LogP contribution in [-0.2, 0) is 11.2 Å². The first-order valence-corrected chi connectivity index (χ1v) is 7.98. The molecule has 0 spiro atoms. The highest BCUT2D eigenvalue weighted by Crippen LogP contribution is 2.32. The molecule has 0 aromatic heterocycles. The predicted molar refractivity (Wildman–Crippen MR) is 87.5 cm³/mol. The monoisotopic (exact) mass is 322 g/mol. The van der Waals surface area contributed by atoms with Crippen molar-refractivity contribution in [1.82, 2.24) is 10.2 Å². The van der Waals surface area contributed by atoms with Crippen molar-refractivity contribution in [2.75, 3.05) is 7.05 Å². The molecule has 1 aromatic carbocycles. The Hall–Kier alpha value is -1.26. The summed E-state index contributed by atoms with van der Waals surface area (Å²) in [6.07, 6.45) is 5.05. The summed E-state index contributed by atoms with van der Waals surface area (Å²) in [6, 6.07) is 9.53. The molecule has 3 aliphatic heterocycles. The first kappa shape index (κ1) is 15.6. The Bertz CT molecular complexity index is 528. The van der Waals surface area contributed by atoms with Gasteiger partial charge in [-0.15, -0.1) is 12.4 Å². The zero-order valence-electron chi connectivity index (χ0n) is 12.8. The summed E-state index contributed by atoms with van der Waals surface area (Å²) in [5.41, 5.74) is 1.15. The molecule has 120 valence electrons. The lowest BCUT2D eigenvalue weighted by molar-refractivity contribution is -0.139. The summed E-state index contributed by atoms with van der Waals surface area (Å²) >= 11 is 0. The van der Waals surface area contributed by atoms with Gasteiger partial charge in [0.15, 0.2) is 6.10 Å². The number of piperidine rings is 1. The van der Waals surface area contributed by atoms with E-state index < -0.39 is 0 Å². The van der Waals surface area contributed by atoms with Crippen molar-refractivity contribution < 1.29 is 9.53 Å². The molecule has 3 heterocycles. The van der Waals surface area contributed by atoms with Gasteiger partial charge in [0, 0.05) is 31.6 Å². The Kier molecular flexibility index (Phi) is 4.33. The smallest absolute Gasteiger partial charge is 0.263 e. The summed E-state index contributed by atoms with van der Waals surface area (Å²) < 4.78 is 5.84. The maximum Gasteiger partial charge on any atom is 0.263 e. The Morgan fingerprint density at radius 2 is 1.91 bits per heavy atom. The number of carbonyl (C=O) groups is 1. The molecule has 3 unspecified atom stereocenters. The lowest BCUT2D eigenvalue weighted by Crippen LogP contribution is -2.51. The van der Waals surface area contributed by atoms with E-state index in [1.165, 1.54) is 12.8 Å². The lowest BCUT2D eigenvalue weighted by atomic mass is 9.98. The summed E-state index contributed by atoms with van der Waals surface area (Å²) in [4.78, 5) is 14.7. The van der Waals surface area contributed by atoms with Crippen LogP contribution in [0.15, 0.2) is 24.3 Å². The molecular weight excluding hydrogens is 300 g/mol. The number of likely N-dealkylation sites (N-methyl/N-ethyl adjacent to an activating group) is 1. The highest BCUT2D eigenvalue weighted by molar-refractivity contribution is 5.85. The molecule has 0 radical (unpaired) electrons. The van der Waals surface area contributed by atoms with E-state index in [2.05, 4.69) is 5.32 Å². The molecule has 22 heavy (non-hydrogen) atoms. The number of hydrogen-bond acceptors (Lipinski definition) is 3. The Balaban J connectivity index is 0.00000144. The van der Waals surface area contributed by atoms with Gasteiger partial charge < -0.3 is 15.0 Å². The fraction of sp³-hybridized carbons (Fsp3) is 0.588. The lowest BCUT2D eigenvalue weighted by Gasteiger charge is -2.36. The number of fused-ring (bicyclic) bond motifs is 3. The van der Waals surface area contributed by atoms with Crippen molar-refractivity contribution in [3.8, 4) is 5.75 Å². The second-order valence-corrected chi connectivity index (χ2v) is 6.63. The van der Waals surface area contributed by atoms with Gasteiger partial charge in [-0.3, -0.25) is 4.79 Å². The number of halogens is 1. The van der Waals surface area contributed by atoms with Crippen LogP contribution in [0.5, 0.6) is 5.75 Å². The van der Waals surface area contributed by atoms with Crippen LogP contribution in [0.4, 0.5) is 0 Å². The van der Waals surface area contributed by atoms with Gasteiger partial charge >= 0.3 is 0 Å². The van der Waals surface area contributed by atoms with Gasteiger partial charge in [0.05, 0.1) is 0 Å². The van der Waals surface area contributed by atoms with Gasteiger partial charge in [-0.2, -0.15) is 0 Å². The second-order valence-electron chi connectivity index (χ2n) is 6.63. The second kappa shape index (κ2) is 6.09. The minimum atomic E-state index is -0.333. The number of nitrogens with one attached hydrogen (secondary N) is 1. The number of nitrogens with zero attached hydrogens (tertiary/aromatic N) is 1. The first-order chi connectivity index (χ1) is 10.2. The highest BCUT2D eigenvalue weighted by Gasteiger charge is 2.39. The average molecular weight is 323 g/mol. The fourth-order valence-corrected chi connectivity index (χ4v) is 4.07. The van der Waals surface area contributed by atoms with E-state index in [0.29, 0.717) is 24.5 Å². The van der Waals surface area contributed by atoms with Crippen LogP contribution in [0.3, 0.4) is 0 Å². The number of rotatable bonds is 2. The van der Waals surface area contributed by atoms with Gasteiger partial charge in [0.25, 0.3) is 5.91 Å². The maximum atomic E-state index is 12.7. The molecule has 2 saturated heterocycles. The van der Waals surface area contributed by atoms with Crippen LogP contribution in [0.25, 0.3) is 0 Å². The van der Waals surface area contributed by atoms with Crippen molar-refractivity contribution >= 4 is 18.3 Å². The molecule has 0 aliphatic carbocycles. The van der Waals surface area contributed by atoms with E-state index in [4.69, 9.17) is 4.74 Å². The normalized spacial score (nSPS) is 31.9. The SMILES string of the molecule is CN(C(=O)C1Cc2ccccc2O1)C1CC2CCC(C1)N2.Cl. The van der Waals surface area contributed by atoms with Crippen LogP contribution >= 0.6 is 12.4 Å². The summed E-state index contributed by atoms with van der Waals surface area (Å²) in [7, 11) is 1.95. The third-order valence-electron chi connectivity index (χ3n) is 5.27. The number of ether oxygens (including phenoxy) is 1. The molecular formula is C17H23ClN2O2. The average Bonchev–Trinajstić information content (AvgIpc) is 3.08. The number of hydrogen-bond donors (Lipinski definition) is 1. The number of para-hydroxylation sites is 1. The number of amides is 1.